The zero-order chi connectivity index (χ0) is 16.5. The Hall–Kier alpha value is -2.55. The van der Waals surface area contributed by atoms with Gasteiger partial charge in [-0.15, -0.1) is 0 Å². The van der Waals surface area contributed by atoms with Crippen LogP contribution in [0.1, 0.15) is 34.7 Å². The van der Waals surface area contributed by atoms with E-state index in [-0.39, 0.29) is 5.91 Å². The minimum absolute atomic E-state index is 0.160. The largest absolute Gasteiger partial charge is 0.351 e. The number of likely N-dealkylation sites (tertiary alicyclic amines) is 1. The molecule has 4 rings (SSSR count). The highest BCUT2D eigenvalue weighted by Gasteiger charge is 2.24. The summed E-state index contributed by atoms with van der Waals surface area (Å²) in [5, 5.41) is 1.13. The number of carbonyl (C=O) groups excluding carboxylic acids is 1. The first-order valence-corrected chi connectivity index (χ1v) is 8.62. The van der Waals surface area contributed by atoms with Crippen LogP contribution in [0, 0.1) is 0 Å². The number of benzene rings is 2. The molecule has 0 bridgehead atoms. The van der Waals surface area contributed by atoms with Crippen LogP contribution in [-0.4, -0.2) is 28.5 Å². The average Bonchev–Trinajstić information content (AvgIpc) is 3.02. The molecule has 0 saturated carbocycles. The van der Waals surface area contributed by atoms with Crippen molar-refractivity contribution in [1.29, 1.82) is 0 Å². The number of rotatable bonds is 2. The fourth-order valence-corrected chi connectivity index (χ4v) is 3.74. The van der Waals surface area contributed by atoms with Gasteiger partial charge in [-0.2, -0.15) is 0 Å². The predicted octanol–water partition coefficient (Wildman–Crippen LogP) is 4.20. The lowest BCUT2D eigenvalue weighted by Gasteiger charge is -2.32. The van der Waals surface area contributed by atoms with Crippen LogP contribution >= 0.6 is 0 Å². The molecule has 1 aliphatic rings. The number of carbonyl (C=O) groups is 1. The Kier molecular flexibility index (Phi) is 3.85. The summed E-state index contributed by atoms with van der Waals surface area (Å²) in [5.74, 6) is 0.735. The second-order valence-electron chi connectivity index (χ2n) is 6.68. The van der Waals surface area contributed by atoms with Gasteiger partial charge in [0.2, 0.25) is 0 Å². The number of aryl methyl sites for hydroxylation is 1. The van der Waals surface area contributed by atoms with Gasteiger partial charge in [0.1, 0.15) is 0 Å². The van der Waals surface area contributed by atoms with E-state index in [2.05, 4.69) is 41.0 Å². The van der Waals surface area contributed by atoms with Gasteiger partial charge in [0.15, 0.2) is 0 Å². The van der Waals surface area contributed by atoms with Crippen molar-refractivity contribution >= 4 is 16.8 Å². The van der Waals surface area contributed by atoms with Gasteiger partial charge in [0.25, 0.3) is 5.91 Å². The molecule has 0 spiro atoms. The second kappa shape index (κ2) is 6.16. The molecule has 0 atom stereocenters. The van der Waals surface area contributed by atoms with Gasteiger partial charge < -0.3 is 9.47 Å². The van der Waals surface area contributed by atoms with E-state index in [0.29, 0.717) is 5.92 Å². The molecule has 2 aromatic carbocycles. The SMILES string of the molecule is Cn1ccc2cc(C(=O)N3CCC(c4ccccc4)CC3)ccc21. The predicted molar refractivity (Wildman–Crippen MR) is 97.2 cm³/mol. The molecule has 24 heavy (non-hydrogen) atoms. The third kappa shape index (κ3) is 2.71. The standard InChI is InChI=1S/C21H22N2O/c1-22-12-9-18-15-19(7-8-20(18)22)21(24)23-13-10-17(11-14-23)16-5-3-2-4-6-16/h2-9,12,15,17H,10-11,13-14H2,1H3. The first-order valence-electron chi connectivity index (χ1n) is 8.62. The van der Waals surface area contributed by atoms with Crippen LogP contribution in [-0.2, 0) is 7.05 Å². The molecule has 1 amide bonds. The molecule has 1 aliphatic heterocycles. The molecular weight excluding hydrogens is 296 g/mol. The Labute approximate surface area is 142 Å². The van der Waals surface area contributed by atoms with Gasteiger partial charge in [-0.25, -0.2) is 0 Å². The molecule has 0 radical (unpaired) electrons. The van der Waals surface area contributed by atoms with Crippen molar-refractivity contribution in [3.05, 3.63) is 71.9 Å². The molecule has 2 heterocycles. The van der Waals surface area contributed by atoms with Gasteiger partial charge >= 0.3 is 0 Å². The van der Waals surface area contributed by atoms with E-state index in [1.165, 1.54) is 5.56 Å². The van der Waals surface area contributed by atoms with Crippen LogP contribution in [0.3, 0.4) is 0 Å². The van der Waals surface area contributed by atoms with Crippen molar-refractivity contribution in [2.75, 3.05) is 13.1 Å². The van der Waals surface area contributed by atoms with Gasteiger partial charge in [-0.05, 0) is 48.6 Å². The Morgan fingerprint density at radius 2 is 1.75 bits per heavy atom. The highest BCUT2D eigenvalue weighted by molar-refractivity contribution is 5.98. The highest BCUT2D eigenvalue weighted by Crippen LogP contribution is 2.28. The number of amides is 1. The lowest BCUT2D eigenvalue weighted by atomic mass is 9.89. The fraction of sp³-hybridized carbons (Fsp3) is 0.286. The van der Waals surface area contributed by atoms with Gasteiger partial charge in [0.05, 0.1) is 0 Å². The molecule has 122 valence electrons. The summed E-state index contributed by atoms with van der Waals surface area (Å²) in [6.07, 6.45) is 4.12. The van der Waals surface area contributed by atoms with E-state index < -0.39 is 0 Å². The van der Waals surface area contributed by atoms with Crippen molar-refractivity contribution in [2.24, 2.45) is 7.05 Å². The average molecular weight is 318 g/mol. The van der Waals surface area contributed by atoms with Crippen molar-refractivity contribution in [3.8, 4) is 0 Å². The van der Waals surface area contributed by atoms with Crippen molar-refractivity contribution in [3.63, 3.8) is 0 Å². The highest BCUT2D eigenvalue weighted by atomic mass is 16.2. The number of aromatic nitrogens is 1. The van der Waals surface area contributed by atoms with E-state index in [0.717, 1.165) is 42.4 Å². The maximum atomic E-state index is 12.8. The number of hydrogen-bond donors (Lipinski definition) is 0. The first-order chi connectivity index (χ1) is 11.7. The molecule has 1 fully saturated rings. The lowest BCUT2D eigenvalue weighted by Crippen LogP contribution is -2.37. The third-order valence-electron chi connectivity index (χ3n) is 5.19. The number of hydrogen-bond acceptors (Lipinski definition) is 1. The van der Waals surface area contributed by atoms with Crippen LogP contribution in [0.5, 0.6) is 0 Å². The van der Waals surface area contributed by atoms with Crippen LogP contribution in [0.25, 0.3) is 10.9 Å². The zero-order valence-electron chi connectivity index (χ0n) is 14.0. The molecular formula is C21H22N2O. The molecule has 3 nitrogen and oxygen atoms in total. The number of piperidine rings is 1. The lowest BCUT2D eigenvalue weighted by molar-refractivity contribution is 0.0713. The smallest absolute Gasteiger partial charge is 0.253 e. The Morgan fingerprint density at radius 3 is 2.50 bits per heavy atom. The van der Waals surface area contributed by atoms with Crippen LogP contribution in [0.2, 0.25) is 0 Å². The number of nitrogens with zero attached hydrogens (tertiary/aromatic N) is 2. The van der Waals surface area contributed by atoms with Crippen molar-refractivity contribution < 1.29 is 4.79 Å². The minimum Gasteiger partial charge on any atom is -0.351 e. The van der Waals surface area contributed by atoms with E-state index in [9.17, 15) is 4.79 Å². The van der Waals surface area contributed by atoms with Crippen molar-refractivity contribution in [1.82, 2.24) is 9.47 Å². The van der Waals surface area contributed by atoms with Crippen LogP contribution < -0.4 is 0 Å². The van der Waals surface area contributed by atoms with E-state index in [1.54, 1.807) is 0 Å². The summed E-state index contributed by atoms with van der Waals surface area (Å²) in [6.45, 7) is 1.68. The number of fused-ring (bicyclic) bond motifs is 1. The summed E-state index contributed by atoms with van der Waals surface area (Å²) in [7, 11) is 2.03. The minimum atomic E-state index is 0.160. The summed E-state index contributed by atoms with van der Waals surface area (Å²) < 4.78 is 2.08. The Bertz CT molecular complexity index is 858. The topological polar surface area (TPSA) is 25.2 Å². The van der Waals surface area contributed by atoms with Gasteiger partial charge in [0, 0.05) is 42.8 Å². The molecule has 0 unspecified atom stereocenters. The maximum absolute atomic E-state index is 12.8. The molecule has 3 heteroatoms. The van der Waals surface area contributed by atoms with E-state index in [1.807, 2.05) is 36.3 Å². The van der Waals surface area contributed by atoms with E-state index >= 15 is 0 Å². The monoisotopic (exact) mass is 318 g/mol. The Morgan fingerprint density at radius 1 is 1.00 bits per heavy atom. The summed E-state index contributed by atoms with van der Waals surface area (Å²) in [5.41, 5.74) is 3.36. The quantitative estimate of drug-likeness (QED) is 0.695. The fourth-order valence-electron chi connectivity index (χ4n) is 3.74. The summed E-state index contributed by atoms with van der Waals surface area (Å²) in [4.78, 5) is 14.8. The van der Waals surface area contributed by atoms with E-state index in [4.69, 9.17) is 0 Å². The Balaban J connectivity index is 1.47. The molecule has 0 aliphatic carbocycles. The summed E-state index contributed by atoms with van der Waals surface area (Å²) in [6, 6.07) is 18.7. The van der Waals surface area contributed by atoms with Gasteiger partial charge in [-0.3, -0.25) is 4.79 Å². The molecule has 3 aromatic rings. The molecule has 1 aromatic heterocycles. The van der Waals surface area contributed by atoms with Gasteiger partial charge in [-0.1, -0.05) is 30.3 Å². The summed E-state index contributed by atoms with van der Waals surface area (Å²) >= 11 is 0. The van der Waals surface area contributed by atoms with Crippen LogP contribution in [0.15, 0.2) is 60.8 Å². The normalized spacial score (nSPS) is 15.8. The maximum Gasteiger partial charge on any atom is 0.253 e. The van der Waals surface area contributed by atoms with Crippen LogP contribution in [0.4, 0.5) is 0 Å². The second-order valence-corrected chi connectivity index (χ2v) is 6.68. The van der Waals surface area contributed by atoms with Crippen molar-refractivity contribution in [2.45, 2.75) is 18.8 Å². The molecule has 0 N–H and O–H groups in total. The first kappa shape index (κ1) is 15.0. The molecule has 1 saturated heterocycles. The zero-order valence-corrected chi connectivity index (χ0v) is 14.0. The third-order valence-corrected chi connectivity index (χ3v) is 5.19.